The zero-order valence-electron chi connectivity index (χ0n) is 10.7. The summed E-state index contributed by atoms with van der Waals surface area (Å²) in [7, 11) is 0. The molecule has 100 valence electrons. The Hall–Kier alpha value is -1.03. The third-order valence-corrected chi connectivity index (χ3v) is 4.57. The van der Waals surface area contributed by atoms with Crippen molar-refractivity contribution in [3.05, 3.63) is 40.7 Å². The van der Waals surface area contributed by atoms with Gasteiger partial charge >= 0.3 is 0 Å². The second-order valence-corrected chi connectivity index (χ2v) is 6.20. The van der Waals surface area contributed by atoms with Crippen LogP contribution in [0.1, 0.15) is 19.3 Å². The van der Waals surface area contributed by atoms with Crippen LogP contribution in [0.25, 0.3) is 10.4 Å². The molecule has 0 saturated carbocycles. The van der Waals surface area contributed by atoms with E-state index in [-0.39, 0.29) is 0 Å². The van der Waals surface area contributed by atoms with E-state index in [1.165, 1.54) is 35.4 Å². The van der Waals surface area contributed by atoms with Crippen molar-refractivity contribution < 1.29 is 0 Å². The van der Waals surface area contributed by atoms with Gasteiger partial charge in [0.05, 0.1) is 6.17 Å². The summed E-state index contributed by atoms with van der Waals surface area (Å²) >= 11 is 7.79. The minimum absolute atomic E-state index is 0.413. The van der Waals surface area contributed by atoms with E-state index in [4.69, 9.17) is 11.6 Å². The van der Waals surface area contributed by atoms with Gasteiger partial charge in [0.2, 0.25) is 0 Å². The van der Waals surface area contributed by atoms with Crippen molar-refractivity contribution >= 4 is 28.6 Å². The number of hydrogen-bond acceptors (Lipinski definition) is 3. The molecule has 1 aromatic heterocycles. The molecule has 2 aromatic rings. The fourth-order valence-corrected chi connectivity index (χ4v) is 3.42. The molecule has 2 N–H and O–H groups in total. The Balaban J connectivity index is 1.72. The number of anilines is 1. The lowest BCUT2D eigenvalue weighted by Gasteiger charge is -2.24. The summed E-state index contributed by atoms with van der Waals surface area (Å²) in [5, 5.41) is 10.0. The van der Waals surface area contributed by atoms with Gasteiger partial charge in [-0.05, 0) is 49.6 Å². The summed E-state index contributed by atoms with van der Waals surface area (Å²) in [6, 6.07) is 10.2. The zero-order valence-corrected chi connectivity index (χ0v) is 12.2. The van der Waals surface area contributed by atoms with Gasteiger partial charge in [-0.25, -0.2) is 0 Å². The van der Waals surface area contributed by atoms with E-state index in [9.17, 15) is 0 Å². The molecule has 1 aliphatic heterocycles. The number of rotatable bonds is 3. The predicted octanol–water partition coefficient (Wildman–Crippen LogP) is 4.58. The van der Waals surface area contributed by atoms with Gasteiger partial charge in [0.1, 0.15) is 0 Å². The van der Waals surface area contributed by atoms with Crippen LogP contribution in [0.15, 0.2) is 35.7 Å². The third-order valence-electron chi connectivity index (χ3n) is 3.36. The minimum atomic E-state index is 0.413. The third kappa shape index (κ3) is 3.30. The van der Waals surface area contributed by atoms with Crippen LogP contribution in [-0.2, 0) is 0 Å². The van der Waals surface area contributed by atoms with Gasteiger partial charge in [-0.3, -0.25) is 5.32 Å². The largest absolute Gasteiger partial charge is 0.369 e. The standard InChI is InChI=1S/C15H17ClN2S/c16-12-5-3-4-11(8-12)14-9-13(10-19-14)18-15-6-1-2-7-17-15/h3-5,8-10,15,17-18H,1-2,6-7H2. The quantitative estimate of drug-likeness (QED) is 0.865. The monoisotopic (exact) mass is 292 g/mol. The highest BCUT2D eigenvalue weighted by atomic mass is 35.5. The Labute approximate surface area is 122 Å². The highest BCUT2D eigenvalue weighted by Gasteiger charge is 2.12. The first-order valence-electron chi connectivity index (χ1n) is 6.66. The van der Waals surface area contributed by atoms with Crippen LogP contribution in [-0.4, -0.2) is 12.7 Å². The summed E-state index contributed by atoms with van der Waals surface area (Å²) in [6.45, 7) is 1.11. The first-order valence-corrected chi connectivity index (χ1v) is 7.91. The first kappa shape index (κ1) is 13.0. The first-order chi connectivity index (χ1) is 9.31. The van der Waals surface area contributed by atoms with E-state index in [1.807, 2.05) is 18.2 Å². The molecule has 1 fully saturated rings. The smallest absolute Gasteiger partial charge is 0.0768 e. The lowest BCUT2D eigenvalue weighted by molar-refractivity contribution is 0.433. The summed E-state index contributed by atoms with van der Waals surface area (Å²) in [4.78, 5) is 1.25. The molecule has 0 radical (unpaired) electrons. The highest BCUT2D eigenvalue weighted by molar-refractivity contribution is 7.14. The summed E-state index contributed by atoms with van der Waals surface area (Å²) < 4.78 is 0. The number of nitrogens with one attached hydrogen (secondary N) is 2. The van der Waals surface area contributed by atoms with E-state index in [2.05, 4.69) is 28.1 Å². The Morgan fingerprint density at radius 1 is 1.26 bits per heavy atom. The predicted molar refractivity (Wildman–Crippen MR) is 84.0 cm³/mol. The van der Waals surface area contributed by atoms with Crippen molar-refractivity contribution in [2.75, 3.05) is 11.9 Å². The lowest BCUT2D eigenvalue weighted by Crippen LogP contribution is -2.39. The Morgan fingerprint density at radius 3 is 3.00 bits per heavy atom. The van der Waals surface area contributed by atoms with Crippen LogP contribution < -0.4 is 10.6 Å². The molecule has 1 atom stereocenters. The number of benzene rings is 1. The second kappa shape index (κ2) is 5.95. The molecule has 2 nitrogen and oxygen atoms in total. The van der Waals surface area contributed by atoms with Crippen LogP contribution in [0.3, 0.4) is 0 Å². The highest BCUT2D eigenvalue weighted by Crippen LogP contribution is 2.31. The molecular weight excluding hydrogens is 276 g/mol. The van der Waals surface area contributed by atoms with Crippen molar-refractivity contribution in [3.8, 4) is 10.4 Å². The van der Waals surface area contributed by atoms with Crippen LogP contribution in [0, 0.1) is 0 Å². The van der Waals surface area contributed by atoms with Gasteiger partial charge in [0.15, 0.2) is 0 Å². The van der Waals surface area contributed by atoms with Crippen LogP contribution in [0.4, 0.5) is 5.69 Å². The Bertz CT molecular complexity index is 547. The Kier molecular flexibility index (Phi) is 4.06. The Morgan fingerprint density at radius 2 is 2.21 bits per heavy atom. The molecule has 0 bridgehead atoms. The molecule has 1 aromatic carbocycles. The maximum Gasteiger partial charge on any atom is 0.0768 e. The number of halogens is 1. The van der Waals surface area contributed by atoms with Crippen molar-refractivity contribution in [1.29, 1.82) is 0 Å². The van der Waals surface area contributed by atoms with E-state index in [1.54, 1.807) is 11.3 Å². The molecule has 3 rings (SSSR count). The maximum atomic E-state index is 6.04. The molecule has 1 saturated heterocycles. The maximum absolute atomic E-state index is 6.04. The molecular formula is C15H17ClN2S. The summed E-state index contributed by atoms with van der Waals surface area (Å²) in [5.41, 5.74) is 2.38. The zero-order chi connectivity index (χ0) is 13.1. The van der Waals surface area contributed by atoms with Gasteiger partial charge < -0.3 is 5.32 Å². The van der Waals surface area contributed by atoms with Crippen molar-refractivity contribution in [2.24, 2.45) is 0 Å². The number of thiophene rings is 1. The van der Waals surface area contributed by atoms with Crippen molar-refractivity contribution in [1.82, 2.24) is 5.32 Å². The molecule has 0 aliphatic carbocycles. The fourth-order valence-electron chi connectivity index (χ4n) is 2.38. The lowest BCUT2D eigenvalue weighted by atomic mass is 10.1. The van der Waals surface area contributed by atoms with E-state index >= 15 is 0 Å². The van der Waals surface area contributed by atoms with Crippen LogP contribution in [0.2, 0.25) is 5.02 Å². The van der Waals surface area contributed by atoms with Crippen molar-refractivity contribution in [2.45, 2.75) is 25.4 Å². The summed E-state index contributed by atoms with van der Waals surface area (Å²) in [5.74, 6) is 0. The van der Waals surface area contributed by atoms with Crippen LogP contribution >= 0.6 is 22.9 Å². The second-order valence-electron chi connectivity index (χ2n) is 4.86. The molecule has 19 heavy (non-hydrogen) atoms. The van der Waals surface area contributed by atoms with Crippen LogP contribution in [0.5, 0.6) is 0 Å². The molecule has 1 unspecified atom stereocenters. The number of piperidine rings is 1. The molecule has 4 heteroatoms. The van der Waals surface area contributed by atoms with Gasteiger partial charge in [-0.1, -0.05) is 23.7 Å². The van der Waals surface area contributed by atoms with E-state index in [0.717, 1.165) is 11.6 Å². The van der Waals surface area contributed by atoms with E-state index < -0.39 is 0 Å². The molecule has 0 spiro atoms. The van der Waals surface area contributed by atoms with Gasteiger partial charge in [0, 0.05) is 21.0 Å². The summed E-state index contributed by atoms with van der Waals surface area (Å²) in [6.07, 6.45) is 4.20. The molecule has 0 amide bonds. The van der Waals surface area contributed by atoms with Gasteiger partial charge in [-0.2, -0.15) is 0 Å². The number of hydrogen-bond donors (Lipinski definition) is 2. The minimum Gasteiger partial charge on any atom is -0.369 e. The molecule has 2 heterocycles. The molecule has 1 aliphatic rings. The fraction of sp³-hybridized carbons (Fsp3) is 0.333. The van der Waals surface area contributed by atoms with E-state index in [0.29, 0.717) is 6.17 Å². The SMILES string of the molecule is Clc1cccc(-c2cc(NC3CCCCN3)cs2)c1. The van der Waals surface area contributed by atoms with Gasteiger partial charge in [0.25, 0.3) is 0 Å². The van der Waals surface area contributed by atoms with Crippen molar-refractivity contribution in [3.63, 3.8) is 0 Å². The average Bonchev–Trinajstić information content (AvgIpc) is 2.88. The topological polar surface area (TPSA) is 24.1 Å². The van der Waals surface area contributed by atoms with Gasteiger partial charge in [-0.15, -0.1) is 11.3 Å². The average molecular weight is 293 g/mol. The normalized spacial score (nSPS) is 19.3.